The number of oxazole rings is 1. The zero-order valence-corrected chi connectivity index (χ0v) is 33.4. The van der Waals surface area contributed by atoms with Gasteiger partial charge in [0.05, 0.1) is 0 Å². The van der Waals surface area contributed by atoms with Gasteiger partial charge in [0.15, 0.2) is 5.58 Å². The molecule has 7 aromatic carbocycles. The molecule has 0 fully saturated rings. The molecule has 57 heavy (non-hydrogen) atoms. The summed E-state index contributed by atoms with van der Waals surface area (Å²) < 4.78 is 6.32. The Morgan fingerprint density at radius 2 is 1.30 bits per heavy atom. The fourth-order valence-corrected chi connectivity index (χ4v) is 9.34. The Morgan fingerprint density at radius 1 is 0.596 bits per heavy atom. The summed E-state index contributed by atoms with van der Waals surface area (Å²) in [5.41, 5.74) is 18.7. The standard InChI is InChI=1S/C53H47N3O/c1-52(2,3)55-31-15-20-37-18-14-23-42(50(37)55)44-33-41(34-46-49(44)43-22-9-10-24-45(43)53(46,4)5)56(39-29-27-36(28-30-39)35-16-7-6-8-17-35)40-21-13-19-38(32-40)51-54-47-25-11-12-26-48(47)57-51/h6-14,16-19,21-30,32-34H,15,20,31H2,1-5H3. The molecule has 1 aliphatic carbocycles. The predicted octanol–water partition coefficient (Wildman–Crippen LogP) is 14.2. The Kier molecular flexibility index (Phi) is 8.23. The van der Waals surface area contributed by atoms with E-state index in [1.165, 1.54) is 55.8 Å². The van der Waals surface area contributed by atoms with E-state index in [-0.39, 0.29) is 11.0 Å². The molecule has 10 rings (SSSR count). The second-order valence-corrected chi connectivity index (χ2v) is 17.1. The van der Waals surface area contributed by atoms with Crippen LogP contribution in [0, 0.1) is 0 Å². The fourth-order valence-electron chi connectivity index (χ4n) is 9.34. The van der Waals surface area contributed by atoms with Gasteiger partial charge in [0.2, 0.25) is 5.89 Å². The van der Waals surface area contributed by atoms with E-state index in [0.29, 0.717) is 5.89 Å². The Hall–Kier alpha value is -6.39. The zero-order valence-electron chi connectivity index (χ0n) is 33.4. The van der Waals surface area contributed by atoms with Crippen molar-refractivity contribution in [2.75, 3.05) is 16.3 Å². The molecule has 4 heteroatoms. The molecule has 2 heterocycles. The van der Waals surface area contributed by atoms with Crippen LogP contribution in [0.3, 0.4) is 0 Å². The fraction of sp³-hybridized carbons (Fsp3) is 0.189. The maximum absolute atomic E-state index is 6.32. The molecule has 1 aromatic heterocycles. The largest absolute Gasteiger partial charge is 0.436 e. The number of aromatic nitrogens is 1. The SMILES string of the molecule is CC1(C)c2ccccc2-c2c(-c3cccc4c3N(C(C)(C)C)CCC4)cc(N(c3ccc(-c4ccccc4)cc3)c3cccc(-c4nc5ccccc5o4)c3)cc21. The van der Waals surface area contributed by atoms with E-state index in [9.17, 15) is 0 Å². The van der Waals surface area contributed by atoms with Crippen LogP contribution in [0.4, 0.5) is 22.7 Å². The van der Waals surface area contributed by atoms with Crippen molar-refractivity contribution in [3.63, 3.8) is 0 Å². The second kappa shape index (κ2) is 13.4. The molecule has 0 saturated carbocycles. The van der Waals surface area contributed by atoms with E-state index < -0.39 is 0 Å². The second-order valence-electron chi connectivity index (χ2n) is 17.1. The van der Waals surface area contributed by atoms with Gasteiger partial charge < -0.3 is 14.2 Å². The van der Waals surface area contributed by atoms with Crippen LogP contribution in [0.2, 0.25) is 0 Å². The van der Waals surface area contributed by atoms with E-state index >= 15 is 0 Å². The van der Waals surface area contributed by atoms with Crippen LogP contribution >= 0.6 is 0 Å². The summed E-state index contributed by atoms with van der Waals surface area (Å²) in [5.74, 6) is 0.613. The highest BCUT2D eigenvalue weighted by Crippen LogP contribution is 2.56. The molecule has 4 nitrogen and oxygen atoms in total. The van der Waals surface area contributed by atoms with Gasteiger partial charge in [0.1, 0.15) is 5.52 Å². The molecule has 0 unspecified atom stereocenters. The van der Waals surface area contributed by atoms with Gasteiger partial charge >= 0.3 is 0 Å². The lowest BCUT2D eigenvalue weighted by molar-refractivity contribution is 0.484. The minimum atomic E-state index is -0.210. The number of para-hydroxylation sites is 3. The van der Waals surface area contributed by atoms with Gasteiger partial charge in [-0.25, -0.2) is 4.98 Å². The first-order valence-electron chi connectivity index (χ1n) is 20.3. The van der Waals surface area contributed by atoms with Gasteiger partial charge in [-0.05, 0) is 133 Å². The highest BCUT2D eigenvalue weighted by Gasteiger charge is 2.39. The van der Waals surface area contributed by atoms with Crippen molar-refractivity contribution in [1.29, 1.82) is 0 Å². The third-order valence-electron chi connectivity index (χ3n) is 12.1. The van der Waals surface area contributed by atoms with E-state index in [1.807, 2.05) is 24.3 Å². The lowest BCUT2D eigenvalue weighted by atomic mass is 9.81. The summed E-state index contributed by atoms with van der Waals surface area (Å²) in [6.07, 6.45) is 2.24. The number of aryl methyl sites for hydroxylation is 1. The summed E-state index contributed by atoms with van der Waals surface area (Å²) in [6, 6.07) is 57.1. The van der Waals surface area contributed by atoms with Gasteiger partial charge in [0, 0.05) is 51.4 Å². The van der Waals surface area contributed by atoms with Gasteiger partial charge in [-0.2, -0.15) is 0 Å². The van der Waals surface area contributed by atoms with Crippen LogP contribution < -0.4 is 9.80 Å². The van der Waals surface area contributed by atoms with Crippen LogP contribution in [0.15, 0.2) is 162 Å². The van der Waals surface area contributed by atoms with Gasteiger partial charge in [-0.3, -0.25) is 0 Å². The summed E-state index contributed by atoms with van der Waals surface area (Å²) in [4.78, 5) is 9.96. The molecule has 0 bridgehead atoms. The number of fused-ring (bicyclic) bond motifs is 5. The van der Waals surface area contributed by atoms with Gasteiger partial charge in [-0.1, -0.05) is 117 Å². The van der Waals surface area contributed by atoms with E-state index in [2.05, 4.69) is 178 Å². The van der Waals surface area contributed by atoms with Crippen LogP contribution in [-0.2, 0) is 11.8 Å². The molecule has 2 aliphatic rings. The highest BCUT2D eigenvalue weighted by molar-refractivity contribution is 5.99. The van der Waals surface area contributed by atoms with Crippen LogP contribution in [0.25, 0.3) is 55.9 Å². The Bertz CT molecular complexity index is 2750. The molecule has 8 aromatic rings. The van der Waals surface area contributed by atoms with E-state index in [0.717, 1.165) is 53.1 Å². The molecule has 1 aliphatic heterocycles. The van der Waals surface area contributed by atoms with Crippen molar-refractivity contribution >= 4 is 33.8 Å². The van der Waals surface area contributed by atoms with Crippen LogP contribution in [0.1, 0.15) is 57.7 Å². The number of rotatable bonds is 6. The number of benzene rings is 7. The summed E-state index contributed by atoms with van der Waals surface area (Å²) in [7, 11) is 0. The zero-order chi connectivity index (χ0) is 38.9. The van der Waals surface area contributed by atoms with Crippen molar-refractivity contribution in [2.24, 2.45) is 0 Å². The maximum Gasteiger partial charge on any atom is 0.227 e. The summed E-state index contributed by atoms with van der Waals surface area (Å²) in [6.45, 7) is 12.9. The first kappa shape index (κ1) is 35.1. The predicted molar refractivity (Wildman–Crippen MR) is 238 cm³/mol. The number of anilines is 4. The average molecular weight is 742 g/mol. The minimum Gasteiger partial charge on any atom is -0.436 e. The Labute approximate surface area is 336 Å². The monoisotopic (exact) mass is 741 g/mol. The lowest BCUT2D eigenvalue weighted by Crippen LogP contribution is -2.44. The summed E-state index contributed by atoms with van der Waals surface area (Å²) in [5, 5.41) is 0. The van der Waals surface area contributed by atoms with Crippen molar-refractivity contribution in [1.82, 2.24) is 4.98 Å². The normalized spacial score (nSPS) is 14.3. The van der Waals surface area contributed by atoms with Crippen LogP contribution in [-0.4, -0.2) is 17.1 Å². The smallest absolute Gasteiger partial charge is 0.227 e. The molecule has 0 saturated heterocycles. The third-order valence-corrected chi connectivity index (χ3v) is 12.1. The molecular weight excluding hydrogens is 695 g/mol. The van der Waals surface area contributed by atoms with Gasteiger partial charge in [0.25, 0.3) is 0 Å². The van der Waals surface area contributed by atoms with Crippen molar-refractivity contribution < 1.29 is 4.42 Å². The molecular formula is C53H47N3O. The lowest BCUT2D eigenvalue weighted by Gasteiger charge is -2.43. The Balaban J connectivity index is 1.23. The average Bonchev–Trinajstić information content (AvgIpc) is 3.77. The molecule has 0 atom stereocenters. The molecule has 0 radical (unpaired) electrons. The van der Waals surface area contributed by atoms with E-state index in [1.54, 1.807) is 0 Å². The molecule has 280 valence electrons. The third kappa shape index (κ3) is 5.94. The number of nitrogens with zero attached hydrogens (tertiary/aromatic N) is 3. The molecule has 0 amide bonds. The Morgan fingerprint density at radius 3 is 2.11 bits per heavy atom. The number of hydrogen-bond acceptors (Lipinski definition) is 4. The van der Waals surface area contributed by atoms with Crippen molar-refractivity contribution in [3.05, 3.63) is 174 Å². The minimum absolute atomic E-state index is 0.0269. The van der Waals surface area contributed by atoms with Gasteiger partial charge in [-0.15, -0.1) is 0 Å². The topological polar surface area (TPSA) is 32.5 Å². The maximum atomic E-state index is 6.32. The van der Waals surface area contributed by atoms with Crippen molar-refractivity contribution in [3.8, 4) is 44.8 Å². The van der Waals surface area contributed by atoms with Crippen molar-refractivity contribution in [2.45, 2.75) is 58.4 Å². The summed E-state index contributed by atoms with van der Waals surface area (Å²) >= 11 is 0. The first-order valence-corrected chi connectivity index (χ1v) is 20.3. The van der Waals surface area contributed by atoms with E-state index in [4.69, 9.17) is 9.40 Å². The molecule has 0 N–H and O–H groups in total. The quantitative estimate of drug-likeness (QED) is 0.170. The first-order chi connectivity index (χ1) is 27.6. The molecule has 0 spiro atoms. The number of hydrogen-bond donors (Lipinski definition) is 0. The highest BCUT2D eigenvalue weighted by atomic mass is 16.3. The van der Waals surface area contributed by atoms with Crippen LogP contribution in [0.5, 0.6) is 0 Å².